The Balaban J connectivity index is 2.28. The van der Waals surface area contributed by atoms with Crippen molar-refractivity contribution in [3.63, 3.8) is 0 Å². The van der Waals surface area contributed by atoms with Gasteiger partial charge in [-0.3, -0.25) is 0 Å². The molecule has 0 heterocycles. The monoisotopic (exact) mass is 430 g/mol. The zero-order chi connectivity index (χ0) is 15.6. The molecule has 0 saturated heterocycles. The molecule has 0 amide bonds. The molecule has 0 unspecified atom stereocenters. The molecule has 3 aromatic rings. The summed E-state index contributed by atoms with van der Waals surface area (Å²) in [6.45, 7) is 2.42. The maximum absolute atomic E-state index is 3.64. The Hall–Kier alpha value is -1.16. The number of hydrogen-bond donors (Lipinski definition) is 0. The number of hydrogen-bond acceptors (Lipinski definition) is 0. The Kier molecular flexibility index (Phi) is 4.66. The van der Waals surface area contributed by atoms with Gasteiger partial charge in [0.15, 0.2) is 0 Å². The van der Waals surface area contributed by atoms with Crippen molar-refractivity contribution in [3.8, 4) is 0 Å². The molecule has 0 N–H and O–H groups in total. The van der Waals surface area contributed by atoms with Gasteiger partial charge in [0.05, 0.1) is 0 Å². The third-order valence-corrected chi connectivity index (χ3v) is 9.48. The van der Waals surface area contributed by atoms with E-state index in [1.807, 2.05) is 0 Å². The first-order valence-corrected chi connectivity index (χ1v) is 11.3. The molecule has 0 aliphatic carbocycles. The highest BCUT2D eigenvalue weighted by Gasteiger charge is 2.34. The summed E-state index contributed by atoms with van der Waals surface area (Å²) in [6.07, 6.45) is 0. The van der Waals surface area contributed by atoms with Crippen molar-refractivity contribution in [2.45, 2.75) is 6.55 Å². The van der Waals surface area contributed by atoms with Gasteiger partial charge in [-0.15, -0.1) is 0 Å². The van der Waals surface area contributed by atoms with E-state index in [2.05, 4.69) is 117 Å². The molecule has 0 aliphatic rings. The van der Waals surface area contributed by atoms with Gasteiger partial charge in [-0.2, -0.15) is 0 Å². The second kappa shape index (κ2) is 6.53. The molecule has 3 aromatic carbocycles. The lowest BCUT2D eigenvalue weighted by Gasteiger charge is -2.30. The molecule has 0 radical (unpaired) electrons. The zero-order valence-corrected chi connectivity index (χ0v) is 16.4. The lowest BCUT2D eigenvalue weighted by molar-refractivity contribution is 1.61. The van der Waals surface area contributed by atoms with E-state index >= 15 is 0 Å². The molecule has 0 aromatic heterocycles. The van der Waals surface area contributed by atoms with Gasteiger partial charge in [0.25, 0.3) is 0 Å². The fourth-order valence-corrected chi connectivity index (χ4v) is 8.21. The highest BCUT2D eigenvalue weighted by Crippen LogP contribution is 2.18. The quantitative estimate of drug-likeness (QED) is 0.428. The molecule has 0 aliphatic heterocycles. The minimum atomic E-state index is -2.00. The summed E-state index contributed by atoms with van der Waals surface area (Å²) in [5.74, 6) is 0. The van der Waals surface area contributed by atoms with E-state index in [0.29, 0.717) is 0 Å². The maximum atomic E-state index is 3.64. The Labute approximate surface area is 149 Å². The van der Waals surface area contributed by atoms with Crippen molar-refractivity contribution in [1.29, 1.82) is 0 Å². The van der Waals surface area contributed by atoms with Crippen LogP contribution in [0.3, 0.4) is 0 Å². The molecular formula is C19H16Br2Si. The first-order chi connectivity index (χ1) is 10.6. The lowest BCUT2D eigenvalue weighted by atomic mass is 10.3. The Bertz CT molecular complexity index is 710. The van der Waals surface area contributed by atoms with Crippen LogP contribution in [0.15, 0.2) is 87.8 Å². The van der Waals surface area contributed by atoms with E-state index in [-0.39, 0.29) is 0 Å². The summed E-state index contributed by atoms with van der Waals surface area (Å²) in [6, 6.07) is 28.4. The van der Waals surface area contributed by atoms with Gasteiger partial charge < -0.3 is 0 Å². The van der Waals surface area contributed by atoms with Crippen LogP contribution in [0, 0.1) is 0 Å². The molecule has 3 rings (SSSR count). The summed E-state index contributed by atoms with van der Waals surface area (Å²) in [7, 11) is -2.00. The van der Waals surface area contributed by atoms with Crippen LogP contribution in [-0.2, 0) is 0 Å². The van der Waals surface area contributed by atoms with Crippen LogP contribution in [0.2, 0.25) is 6.55 Å². The predicted molar refractivity (Wildman–Crippen MR) is 105 cm³/mol. The van der Waals surface area contributed by atoms with Gasteiger partial charge in [0.2, 0.25) is 0 Å². The lowest BCUT2D eigenvalue weighted by Crippen LogP contribution is -2.64. The van der Waals surface area contributed by atoms with E-state index in [1.165, 1.54) is 15.6 Å². The largest absolute Gasteiger partial charge is 0.145 e. The molecule has 0 fully saturated rings. The molecule has 3 heteroatoms. The van der Waals surface area contributed by atoms with E-state index in [0.717, 1.165) is 8.95 Å². The summed E-state index contributed by atoms with van der Waals surface area (Å²) >= 11 is 7.29. The SMILES string of the molecule is C[Si](c1ccccc1)(c1ccccc1)c1cc(Br)cc(Br)c1. The normalized spacial score (nSPS) is 11.4. The van der Waals surface area contributed by atoms with Crippen molar-refractivity contribution in [2.24, 2.45) is 0 Å². The van der Waals surface area contributed by atoms with Crippen molar-refractivity contribution in [3.05, 3.63) is 87.8 Å². The van der Waals surface area contributed by atoms with Crippen molar-refractivity contribution >= 4 is 55.5 Å². The van der Waals surface area contributed by atoms with Crippen molar-refractivity contribution < 1.29 is 0 Å². The Morgan fingerprint density at radius 3 is 1.41 bits per heavy atom. The smallest absolute Gasteiger partial charge is 0.0624 e. The Morgan fingerprint density at radius 2 is 1.00 bits per heavy atom. The molecular weight excluding hydrogens is 416 g/mol. The minimum Gasteiger partial charge on any atom is -0.0624 e. The third kappa shape index (κ3) is 2.98. The average Bonchev–Trinajstić information content (AvgIpc) is 2.55. The zero-order valence-electron chi connectivity index (χ0n) is 12.3. The van der Waals surface area contributed by atoms with E-state index in [9.17, 15) is 0 Å². The summed E-state index contributed by atoms with van der Waals surface area (Å²) in [5, 5.41) is 4.24. The fraction of sp³-hybridized carbons (Fsp3) is 0.0526. The van der Waals surface area contributed by atoms with Crippen LogP contribution < -0.4 is 15.6 Å². The van der Waals surface area contributed by atoms with E-state index in [4.69, 9.17) is 0 Å². The number of halogens is 2. The van der Waals surface area contributed by atoms with E-state index in [1.54, 1.807) is 0 Å². The summed E-state index contributed by atoms with van der Waals surface area (Å²) in [5.41, 5.74) is 0. The van der Waals surface area contributed by atoms with Crippen LogP contribution in [-0.4, -0.2) is 8.07 Å². The van der Waals surface area contributed by atoms with Gasteiger partial charge >= 0.3 is 0 Å². The minimum absolute atomic E-state index is 1.11. The van der Waals surface area contributed by atoms with Gasteiger partial charge in [0, 0.05) is 8.95 Å². The van der Waals surface area contributed by atoms with Crippen molar-refractivity contribution in [1.82, 2.24) is 0 Å². The Morgan fingerprint density at radius 1 is 0.591 bits per heavy atom. The molecule has 0 atom stereocenters. The highest BCUT2D eigenvalue weighted by molar-refractivity contribution is 9.11. The van der Waals surface area contributed by atoms with Gasteiger partial charge in [-0.1, -0.05) is 99.1 Å². The maximum Gasteiger partial charge on any atom is 0.145 e. The first kappa shape index (κ1) is 15.7. The number of benzene rings is 3. The van der Waals surface area contributed by atoms with Crippen LogP contribution in [0.4, 0.5) is 0 Å². The predicted octanol–water partition coefficient (Wildman–Crippen LogP) is 4.31. The molecule has 110 valence electrons. The fourth-order valence-electron chi connectivity index (χ4n) is 2.89. The second-order valence-corrected chi connectivity index (χ2v) is 11.3. The van der Waals surface area contributed by atoms with Crippen LogP contribution in [0.1, 0.15) is 0 Å². The number of rotatable bonds is 3. The van der Waals surface area contributed by atoms with Crippen molar-refractivity contribution in [2.75, 3.05) is 0 Å². The standard InChI is InChI=1S/C19H16Br2Si/c1-22(17-8-4-2-5-9-17,18-10-6-3-7-11-18)19-13-15(20)12-16(21)14-19/h2-14H,1H3. The highest BCUT2D eigenvalue weighted by atomic mass is 79.9. The molecule has 22 heavy (non-hydrogen) atoms. The average molecular weight is 432 g/mol. The van der Waals surface area contributed by atoms with Crippen LogP contribution in [0.25, 0.3) is 0 Å². The van der Waals surface area contributed by atoms with Crippen LogP contribution >= 0.6 is 31.9 Å². The van der Waals surface area contributed by atoms with Gasteiger partial charge in [-0.25, -0.2) is 0 Å². The molecule has 0 spiro atoms. The molecule has 0 bridgehead atoms. The van der Waals surface area contributed by atoms with Gasteiger partial charge in [0.1, 0.15) is 8.07 Å². The van der Waals surface area contributed by atoms with Crippen LogP contribution in [0.5, 0.6) is 0 Å². The second-order valence-electron chi connectivity index (χ2n) is 5.52. The summed E-state index contributed by atoms with van der Waals surface area (Å²) in [4.78, 5) is 0. The summed E-state index contributed by atoms with van der Waals surface area (Å²) < 4.78 is 2.23. The first-order valence-electron chi connectivity index (χ1n) is 7.18. The third-order valence-electron chi connectivity index (χ3n) is 4.14. The topological polar surface area (TPSA) is 0 Å². The molecule has 0 nitrogen and oxygen atoms in total. The molecule has 0 saturated carbocycles. The van der Waals surface area contributed by atoms with E-state index < -0.39 is 8.07 Å². The van der Waals surface area contributed by atoms with Gasteiger partial charge in [-0.05, 0) is 33.8 Å².